The Kier molecular flexibility index (Phi) is 4.60. The second-order valence-electron chi connectivity index (χ2n) is 7.18. The van der Waals surface area contributed by atoms with Crippen LogP contribution in [-0.2, 0) is 14.3 Å². The van der Waals surface area contributed by atoms with Gasteiger partial charge in [0, 0.05) is 36.5 Å². The Morgan fingerprint density at radius 2 is 2.17 bits per heavy atom. The predicted octanol–water partition coefficient (Wildman–Crippen LogP) is 3.46. The van der Waals surface area contributed by atoms with Crippen LogP contribution in [0.3, 0.4) is 0 Å². The molecule has 2 aliphatic rings. The maximum Gasteiger partial charge on any atom is 0.310 e. The third kappa shape index (κ3) is 3.58. The molecular weight excluding hydrogens is 374 g/mol. The smallest absolute Gasteiger partial charge is 0.310 e. The van der Waals surface area contributed by atoms with E-state index >= 15 is 0 Å². The van der Waals surface area contributed by atoms with Crippen molar-refractivity contribution in [3.05, 3.63) is 28.2 Å². The molecule has 0 bridgehead atoms. The molecule has 6 heteroatoms. The Balaban J connectivity index is 1.78. The van der Waals surface area contributed by atoms with Crippen LogP contribution in [-0.4, -0.2) is 36.0 Å². The van der Waals surface area contributed by atoms with Gasteiger partial charge in [0.2, 0.25) is 5.91 Å². The molecule has 24 heavy (non-hydrogen) atoms. The highest BCUT2D eigenvalue weighted by Gasteiger charge is 2.38. The van der Waals surface area contributed by atoms with Crippen molar-refractivity contribution in [2.45, 2.75) is 44.8 Å². The fourth-order valence-electron chi connectivity index (χ4n) is 3.25. The highest BCUT2D eigenvalue weighted by Crippen LogP contribution is 2.43. The van der Waals surface area contributed by atoms with E-state index in [0.717, 1.165) is 15.8 Å². The molecule has 0 aliphatic carbocycles. The number of hydrogen-bond donors (Lipinski definition) is 0. The summed E-state index contributed by atoms with van der Waals surface area (Å²) < 4.78 is 12.7. The Morgan fingerprint density at radius 3 is 2.88 bits per heavy atom. The third-order valence-corrected chi connectivity index (χ3v) is 5.13. The summed E-state index contributed by atoms with van der Waals surface area (Å²) in [5, 5.41) is 0. The zero-order chi connectivity index (χ0) is 17.5. The molecule has 5 nitrogen and oxygen atoms in total. The van der Waals surface area contributed by atoms with Gasteiger partial charge in [-0.05, 0) is 38.5 Å². The van der Waals surface area contributed by atoms with Crippen LogP contribution in [0.1, 0.15) is 44.8 Å². The minimum Gasteiger partial charge on any atom is -0.487 e. The number of rotatable bonds is 2. The predicted molar refractivity (Wildman–Crippen MR) is 92.7 cm³/mol. The average Bonchev–Trinajstić information content (AvgIpc) is 2.50. The maximum absolute atomic E-state index is 12.6. The molecule has 0 aromatic heterocycles. The standard InChI is InChI=1S/C18H22BrNO4/c1-18(2)10-15(13-9-12(19)4-5-14(13)24-18)23-17(22)11-6-7-20(3)16(21)8-11/h4-5,9,11,15H,6-8,10H2,1-3H3/t11-,15+/m1/s1. The van der Waals surface area contributed by atoms with Gasteiger partial charge in [-0.1, -0.05) is 15.9 Å². The van der Waals surface area contributed by atoms with Crippen LogP contribution < -0.4 is 4.74 Å². The lowest BCUT2D eigenvalue weighted by Gasteiger charge is -2.38. The van der Waals surface area contributed by atoms with Gasteiger partial charge in [-0.25, -0.2) is 0 Å². The van der Waals surface area contributed by atoms with E-state index in [-0.39, 0.29) is 30.3 Å². The van der Waals surface area contributed by atoms with E-state index in [9.17, 15) is 9.59 Å². The summed E-state index contributed by atoms with van der Waals surface area (Å²) in [7, 11) is 1.76. The lowest BCUT2D eigenvalue weighted by atomic mass is 9.91. The summed E-state index contributed by atoms with van der Waals surface area (Å²) in [4.78, 5) is 26.1. The maximum atomic E-state index is 12.6. The molecule has 0 spiro atoms. The van der Waals surface area contributed by atoms with E-state index < -0.39 is 5.60 Å². The number of carbonyl (C=O) groups is 2. The number of esters is 1. The average molecular weight is 396 g/mol. The Labute approximate surface area is 150 Å². The Morgan fingerprint density at radius 1 is 1.42 bits per heavy atom. The normalized spacial score (nSPS) is 25.7. The van der Waals surface area contributed by atoms with Crippen LogP contribution in [0.4, 0.5) is 0 Å². The molecule has 0 radical (unpaired) electrons. The number of likely N-dealkylation sites (tertiary alicyclic amines) is 1. The van der Waals surface area contributed by atoms with Crippen molar-refractivity contribution in [3.63, 3.8) is 0 Å². The molecule has 1 saturated heterocycles. The molecule has 2 aliphatic heterocycles. The number of carbonyl (C=O) groups excluding carboxylic acids is 2. The Bertz CT molecular complexity index is 673. The van der Waals surface area contributed by atoms with Crippen LogP contribution in [0.5, 0.6) is 5.75 Å². The largest absolute Gasteiger partial charge is 0.487 e. The lowest BCUT2D eigenvalue weighted by Crippen LogP contribution is -2.40. The summed E-state index contributed by atoms with van der Waals surface area (Å²) >= 11 is 3.46. The van der Waals surface area contributed by atoms with Crippen molar-refractivity contribution in [2.24, 2.45) is 5.92 Å². The van der Waals surface area contributed by atoms with Crippen LogP contribution in [0.2, 0.25) is 0 Å². The first-order valence-corrected chi connectivity index (χ1v) is 8.97. The second kappa shape index (κ2) is 6.39. The van der Waals surface area contributed by atoms with Gasteiger partial charge in [-0.15, -0.1) is 0 Å². The van der Waals surface area contributed by atoms with Crippen LogP contribution >= 0.6 is 15.9 Å². The van der Waals surface area contributed by atoms with Gasteiger partial charge in [-0.2, -0.15) is 0 Å². The van der Waals surface area contributed by atoms with Crippen LogP contribution in [0.15, 0.2) is 22.7 Å². The van der Waals surface area contributed by atoms with E-state index in [0.29, 0.717) is 19.4 Å². The molecular formula is C18H22BrNO4. The van der Waals surface area contributed by atoms with Crippen LogP contribution in [0.25, 0.3) is 0 Å². The van der Waals surface area contributed by atoms with Crippen molar-refractivity contribution in [1.29, 1.82) is 0 Å². The number of hydrogen-bond acceptors (Lipinski definition) is 4. The number of nitrogens with zero attached hydrogens (tertiary/aromatic N) is 1. The first-order chi connectivity index (χ1) is 11.2. The van der Waals surface area contributed by atoms with Crippen molar-refractivity contribution in [2.75, 3.05) is 13.6 Å². The zero-order valence-corrected chi connectivity index (χ0v) is 15.8. The van der Waals surface area contributed by atoms with E-state index in [4.69, 9.17) is 9.47 Å². The quantitative estimate of drug-likeness (QED) is 0.719. The lowest BCUT2D eigenvalue weighted by molar-refractivity contribution is -0.162. The van der Waals surface area contributed by atoms with Crippen molar-refractivity contribution in [3.8, 4) is 5.75 Å². The van der Waals surface area contributed by atoms with Crippen molar-refractivity contribution in [1.82, 2.24) is 4.90 Å². The molecule has 0 saturated carbocycles. The van der Waals surface area contributed by atoms with E-state index in [1.54, 1.807) is 11.9 Å². The molecule has 0 N–H and O–H groups in total. The highest BCUT2D eigenvalue weighted by atomic mass is 79.9. The molecule has 130 valence electrons. The van der Waals surface area contributed by atoms with Gasteiger partial charge in [0.05, 0.1) is 5.92 Å². The van der Waals surface area contributed by atoms with Gasteiger partial charge in [-0.3, -0.25) is 9.59 Å². The minimum atomic E-state index is -0.408. The monoisotopic (exact) mass is 395 g/mol. The summed E-state index contributed by atoms with van der Waals surface area (Å²) in [5.41, 5.74) is 0.463. The van der Waals surface area contributed by atoms with Gasteiger partial charge in [0.25, 0.3) is 0 Å². The number of benzene rings is 1. The number of ether oxygens (including phenoxy) is 2. The molecule has 1 aromatic carbocycles. The molecule has 1 amide bonds. The van der Waals surface area contributed by atoms with Gasteiger partial charge < -0.3 is 14.4 Å². The Hall–Kier alpha value is -1.56. The fraction of sp³-hybridized carbons (Fsp3) is 0.556. The van der Waals surface area contributed by atoms with Gasteiger partial charge >= 0.3 is 5.97 Å². The topological polar surface area (TPSA) is 55.8 Å². The van der Waals surface area contributed by atoms with Crippen LogP contribution in [0, 0.1) is 5.92 Å². The summed E-state index contributed by atoms with van der Waals surface area (Å²) in [6.45, 7) is 4.57. The number of piperidine rings is 1. The first kappa shape index (κ1) is 17.3. The SMILES string of the molecule is CN1CC[C@@H](C(=O)O[C@H]2CC(C)(C)Oc3ccc(Br)cc32)CC1=O. The summed E-state index contributed by atoms with van der Waals surface area (Å²) in [6, 6.07) is 5.73. The molecule has 0 unspecified atom stereocenters. The van der Waals surface area contributed by atoms with Crippen molar-refractivity contribution < 1.29 is 19.1 Å². The van der Waals surface area contributed by atoms with E-state index in [1.807, 2.05) is 32.0 Å². The van der Waals surface area contributed by atoms with E-state index in [2.05, 4.69) is 15.9 Å². The van der Waals surface area contributed by atoms with Gasteiger partial charge in [0.15, 0.2) is 0 Å². The molecule has 2 atom stereocenters. The number of fused-ring (bicyclic) bond motifs is 1. The van der Waals surface area contributed by atoms with Crippen molar-refractivity contribution >= 4 is 27.8 Å². The number of halogens is 1. The molecule has 2 heterocycles. The summed E-state index contributed by atoms with van der Waals surface area (Å²) in [5.74, 6) is 0.102. The van der Waals surface area contributed by atoms with E-state index in [1.165, 1.54) is 0 Å². The minimum absolute atomic E-state index is 0.00125. The molecule has 1 aromatic rings. The van der Waals surface area contributed by atoms with Gasteiger partial charge in [0.1, 0.15) is 17.5 Å². The summed E-state index contributed by atoms with van der Waals surface area (Å²) in [6.07, 6.45) is 1.11. The molecule has 3 rings (SSSR count). The highest BCUT2D eigenvalue weighted by molar-refractivity contribution is 9.10. The molecule has 1 fully saturated rings. The second-order valence-corrected chi connectivity index (χ2v) is 8.09. The fourth-order valence-corrected chi connectivity index (χ4v) is 3.62. The third-order valence-electron chi connectivity index (χ3n) is 4.63. The number of amides is 1. The zero-order valence-electron chi connectivity index (χ0n) is 14.2. The first-order valence-electron chi connectivity index (χ1n) is 8.18.